The topological polar surface area (TPSA) is 228 Å². The highest BCUT2D eigenvalue weighted by Gasteiger charge is 2.62. The quantitative estimate of drug-likeness (QED) is 0.0665. The lowest BCUT2D eigenvalue weighted by Crippen LogP contribution is -2.39. The van der Waals surface area contributed by atoms with Crippen LogP contribution in [0.2, 0.25) is 0 Å². The highest BCUT2D eigenvalue weighted by Crippen LogP contribution is 2.47. The Morgan fingerprint density at radius 3 is 1.65 bits per heavy atom. The second-order valence-electron chi connectivity index (χ2n) is 11.9. The summed E-state index contributed by atoms with van der Waals surface area (Å²) in [4.78, 5) is 73.5. The zero-order chi connectivity index (χ0) is 34.9. The summed E-state index contributed by atoms with van der Waals surface area (Å²) in [5.74, 6) is -4.28. The molecule has 1 aliphatic carbocycles. The fourth-order valence-electron chi connectivity index (χ4n) is 5.62. The molecule has 5 N–H and O–H groups in total. The molecule has 3 saturated heterocycles. The van der Waals surface area contributed by atoms with Crippen LogP contribution < -0.4 is 16.0 Å². The number of unbranched alkanes of at least 4 members (excludes halogenated alkanes) is 3. The molecule has 4 rings (SSSR count). The lowest BCUT2D eigenvalue weighted by molar-refractivity contribution is -0.213. The number of nitrogens with zero attached hydrogens (tertiary/aromatic N) is 1. The van der Waals surface area contributed by atoms with Crippen LogP contribution in [0.25, 0.3) is 0 Å². The lowest BCUT2D eigenvalue weighted by atomic mass is 10.1. The molecule has 0 spiro atoms. The van der Waals surface area contributed by atoms with Crippen LogP contribution in [0.15, 0.2) is 0 Å². The fraction of sp³-hybridized carbons (Fsp3) is 0.806. The van der Waals surface area contributed by atoms with Crippen molar-refractivity contribution in [1.82, 2.24) is 21.0 Å². The molecule has 1 saturated carbocycles. The first-order chi connectivity index (χ1) is 23.2. The monoisotopic (exact) mass is 686 g/mol. The van der Waals surface area contributed by atoms with Gasteiger partial charge in [-0.25, -0.2) is 0 Å². The zero-order valence-electron chi connectivity index (χ0n) is 27.5. The molecule has 3 aliphatic heterocycles. The van der Waals surface area contributed by atoms with Crippen LogP contribution in [-0.2, 0) is 52.6 Å². The van der Waals surface area contributed by atoms with E-state index >= 15 is 0 Å². The molecule has 5 amide bonds. The number of ether oxygens (including phenoxy) is 4. The SMILES string of the molecule is CCCCCCNC(=O)C1C(C(=O)NCCOC2OCCCC2O)C1C(=O)NCCOC1OCCCC1O.O=CON1C(=O)CCC1=O. The number of carbonyl (C=O) groups excluding carboxylic acids is 6. The predicted molar refractivity (Wildman–Crippen MR) is 164 cm³/mol. The predicted octanol–water partition coefficient (Wildman–Crippen LogP) is -0.971. The van der Waals surface area contributed by atoms with E-state index in [1.54, 1.807) is 0 Å². The third kappa shape index (κ3) is 12.3. The van der Waals surface area contributed by atoms with E-state index in [9.17, 15) is 39.0 Å². The first-order valence-electron chi connectivity index (χ1n) is 16.8. The van der Waals surface area contributed by atoms with Crippen LogP contribution in [0, 0.1) is 17.8 Å². The Bertz CT molecular complexity index is 1020. The summed E-state index contributed by atoms with van der Waals surface area (Å²) in [6, 6.07) is 0. The van der Waals surface area contributed by atoms with Crippen molar-refractivity contribution in [1.29, 1.82) is 0 Å². The molecule has 17 heteroatoms. The number of hydroxylamine groups is 2. The average Bonchev–Trinajstić information content (AvgIpc) is 3.76. The van der Waals surface area contributed by atoms with E-state index in [-0.39, 0.29) is 63.3 Å². The van der Waals surface area contributed by atoms with Gasteiger partial charge in [-0.15, -0.1) is 5.06 Å². The number of amides is 5. The number of hydrogen-bond donors (Lipinski definition) is 5. The standard InChI is InChI=1S/C26H45N3O9.C5H5NO4/c1-2-3-4-5-10-27-22(32)19-20(23(33)28-11-15-37-25-17(30)8-6-13-35-25)21(19)24(34)29-12-16-38-26-18(31)9-7-14-36-26;7-3-10-6-4(8)1-2-5(6)9/h17-21,25-26,30-31H,2-16H2,1H3,(H,27,32)(H,28,33)(H,29,34);3H,1-2H2. The summed E-state index contributed by atoms with van der Waals surface area (Å²) < 4.78 is 21.8. The van der Waals surface area contributed by atoms with Crippen molar-refractivity contribution in [3.8, 4) is 0 Å². The molecule has 3 heterocycles. The number of hydrogen-bond acceptors (Lipinski definition) is 13. The van der Waals surface area contributed by atoms with Gasteiger partial charge in [-0.3, -0.25) is 28.8 Å². The average molecular weight is 687 g/mol. The summed E-state index contributed by atoms with van der Waals surface area (Å²) in [5.41, 5.74) is 0. The molecule has 0 radical (unpaired) electrons. The second kappa shape index (κ2) is 21.0. The maximum absolute atomic E-state index is 12.9. The first kappa shape index (κ1) is 39.2. The fourth-order valence-corrected chi connectivity index (χ4v) is 5.62. The van der Waals surface area contributed by atoms with Crippen molar-refractivity contribution in [2.75, 3.05) is 46.1 Å². The van der Waals surface area contributed by atoms with E-state index in [2.05, 4.69) is 27.7 Å². The molecular weight excluding hydrogens is 636 g/mol. The van der Waals surface area contributed by atoms with Crippen LogP contribution in [-0.4, -0.2) is 122 Å². The molecule has 4 fully saturated rings. The van der Waals surface area contributed by atoms with Crippen LogP contribution in [0.3, 0.4) is 0 Å². The third-order valence-corrected chi connectivity index (χ3v) is 8.26. The van der Waals surface area contributed by atoms with E-state index in [0.29, 0.717) is 37.7 Å². The lowest BCUT2D eigenvalue weighted by Gasteiger charge is -2.27. The molecule has 0 aromatic carbocycles. The van der Waals surface area contributed by atoms with Crippen LogP contribution in [0.4, 0.5) is 0 Å². The van der Waals surface area contributed by atoms with Crippen molar-refractivity contribution >= 4 is 36.0 Å². The van der Waals surface area contributed by atoms with E-state index < -0.39 is 54.4 Å². The molecule has 17 nitrogen and oxygen atoms in total. The Hall–Kier alpha value is -3.22. The first-order valence-corrected chi connectivity index (χ1v) is 16.8. The summed E-state index contributed by atoms with van der Waals surface area (Å²) in [7, 11) is 0. The van der Waals surface area contributed by atoms with Gasteiger partial charge in [-0.1, -0.05) is 26.2 Å². The van der Waals surface area contributed by atoms with Crippen molar-refractivity contribution in [3.63, 3.8) is 0 Å². The largest absolute Gasteiger partial charge is 0.388 e. The molecule has 6 atom stereocenters. The third-order valence-electron chi connectivity index (χ3n) is 8.26. The van der Waals surface area contributed by atoms with Crippen molar-refractivity contribution in [3.05, 3.63) is 0 Å². The second-order valence-corrected chi connectivity index (χ2v) is 11.9. The Balaban J connectivity index is 0.000000533. The molecule has 272 valence electrons. The van der Waals surface area contributed by atoms with Crippen molar-refractivity contribution in [2.24, 2.45) is 17.8 Å². The maximum atomic E-state index is 12.9. The van der Waals surface area contributed by atoms with E-state index in [1.807, 2.05) is 0 Å². The molecule has 0 aromatic heterocycles. The number of rotatable bonds is 18. The highest BCUT2D eigenvalue weighted by atomic mass is 16.7. The zero-order valence-corrected chi connectivity index (χ0v) is 27.5. The number of aliphatic hydroxyl groups excluding tert-OH is 2. The van der Waals surface area contributed by atoms with E-state index in [0.717, 1.165) is 38.5 Å². The minimum atomic E-state index is -0.772. The molecule has 0 bridgehead atoms. The molecule has 0 aromatic rings. The highest BCUT2D eigenvalue weighted by molar-refractivity contribution is 6.02. The van der Waals surface area contributed by atoms with E-state index in [1.165, 1.54) is 0 Å². The minimum Gasteiger partial charge on any atom is -0.388 e. The Morgan fingerprint density at radius 2 is 1.23 bits per heavy atom. The van der Waals surface area contributed by atoms with Gasteiger partial charge in [-0.05, 0) is 32.1 Å². The van der Waals surface area contributed by atoms with Crippen molar-refractivity contribution in [2.45, 2.75) is 95.9 Å². The summed E-state index contributed by atoms with van der Waals surface area (Å²) in [6.07, 6.45) is 4.22. The number of nitrogens with one attached hydrogen (secondary N) is 3. The Kier molecular flexibility index (Phi) is 17.2. The van der Waals surface area contributed by atoms with E-state index in [4.69, 9.17) is 18.9 Å². The normalized spacial score (nSPS) is 28.1. The van der Waals surface area contributed by atoms with Gasteiger partial charge < -0.3 is 49.9 Å². The van der Waals surface area contributed by atoms with Crippen LogP contribution in [0.1, 0.15) is 71.1 Å². The minimum absolute atomic E-state index is 0.0567. The van der Waals surface area contributed by atoms with Gasteiger partial charge in [0, 0.05) is 45.7 Å². The van der Waals surface area contributed by atoms with Crippen molar-refractivity contribution < 1.29 is 62.8 Å². The van der Waals surface area contributed by atoms with Gasteiger partial charge >= 0.3 is 6.47 Å². The summed E-state index contributed by atoms with van der Waals surface area (Å²) >= 11 is 0. The number of imide groups is 1. The maximum Gasteiger partial charge on any atom is 0.321 e. The molecular formula is C31H50N4O13. The smallest absolute Gasteiger partial charge is 0.321 e. The van der Waals surface area contributed by atoms with Gasteiger partial charge in [0.05, 0.1) is 31.0 Å². The van der Waals surface area contributed by atoms with Gasteiger partial charge in [-0.2, -0.15) is 0 Å². The molecule has 6 unspecified atom stereocenters. The van der Waals surface area contributed by atoms with Gasteiger partial charge in [0.1, 0.15) is 12.2 Å². The summed E-state index contributed by atoms with van der Waals surface area (Å²) in [5, 5.41) is 28.6. The molecule has 48 heavy (non-hydrogen) atoms. The Morgan fingerprint density at radius 1 is 0.771 bits per heavy atom. The van der Waals surface area contributed by atoms with Crippen LogP contribution in [0.5, 0.6) is 0 Å². The Labute approximate surface area is 279 Å². The van der Waals surface area contributed by atoms with Gasteiger partial charge in [0.15, 0.2) is 12.6 Å². The number of aliphatic hydroxyl groups is 2. The number of carbonyl (C=O) groups is 6. The molecule has 4 aliphatic rings. The van der Waals surface area contributed by atoms with Gasteiger partial charge in [0.2, 0.25) is 17.7 Å². The van der Waals surface area contributed by atoms with Crippen LogP contribution >= 0.6 is 0 Å². The summed E-state index contributed by atoms with van der Waals surface area (Å²) in [6.45, 7) is 4.31. The van der Waals surface area contributed by atoms with Gasteiger partial charge in [0.25, 0.3) is 11.8 Å².